The second kappa shape index (κ2) is 10.2. The fourth-order valence-electron chi connectivity index (χ4n) is 4.24. The SMILES string of the molecule is COc1cc2c(cc1OC)CN(C(=O)COC(=O)c1nn(CC(C)C)c(=O)c3ccccc13)CC2. The number of fused-ring (bicyclic) bond motifs is 2. The quantitative estimate of drug-likeness (QED) is 0.481. The van der Waals surface area contributed by atoms with Crippen molar-refractivity contribution in [3.63, 3.8) is 0 Å². The van der Waals surface area contributed by atoms with Crippen LogP contribution in [-0.4, -0.2) is 53.9 Å². The van der Waals surface area contributed by atoms with Crippen molar-refractivity contribution < 1.29 is 23.8 Å². The molecule has 0 atom stereocenters. The highest BCUT2D eigenvalue weighted by molar-refractivity contribution is 6.02. The lowest BCUT2D eigenvalue weighted by atomic mass is 9.99. The van der Waals surface area contributed by atoms with Crippen LogP contribution >= 0.6 is 0 Å². The van der Waals surface area contributed by atoms with Crippen molar-refractivity contribution in [3.8, 4) is 11.5 Å². The first-order valence-corrected chi connectivity index (χ1v) is 11.5. The lowest BCUT2D eigenvalue weighted by Gasteiger charge is -2.29. The first-order chi connectivity index (χ1) is 16.8. The molecular weight excluding hydrogens is 450 g/mol. The lowest BCUT2D eigenvalue weighted by molar-refractivity contribution is -0.135. The lowest BCUT2D eigenvalue weighted by Crippen LogP contribution is -2.38. The predicted molar refractivity (Wildman–Crippen MR) is 130 cm³/mol. The summed E-state index contributed by atoms with van der Waals surface area (Å²) in [5.41, 5.74) is 1.81. The minimum Gasteiger partial charge on any atom is -0.493 e. The van der Waals surface area contributed by atoms with Crippen molar-refractivity contribution in [1.29, 1.82) is 0 Å². The van der Waals surface area contributed by atoms with Crippen LogP contribution in [0.25, 0.3) is 10.8 Å². The van der Waals surface area contributed by atoms with E-state index in [1.807, 2.05) is 26.0 Å². The van der Waals surface area contributed by atoms with Crippen LogP contribution in [-0.2, 0) is 29.0 Å². The highest BCUT2D eigenvalue weighted by Crippen LogP contribution is 2.33. The van der Waals surface area contributed by atoms with Crippen molar-refractivity contribution in [3.05, 3.63) is 63.6 Å². The minimum atomic E-state index is -0.740. The molecule has 2 aromatic carbocycles. The fourth-order valence-corrected chi connectivity index (χ4v) is 4.24. The van der Waals surface area contributed by atoms with Gasteiger partial charge in [-0.05, 0) is 41.7 Å². The second-order valence-electron chi connectivity index (χ2n) is 8.89. The van der Waals surface area contributed by atoms with Gasteiger partial charge in [-0.3, -0.25) is 9.59 Å². The zero-order valence-corrected chi connectivity index (χ0v) is 20.4. The number of hydrogen-bond acceptors (Lipinski definition) is 7. The van der Waals surface area contributed by atoms with Crippen LogP contribution in [0.4, 0.5) is 0 Å². The van der Waals surface area contributed by atoms with Crippen molar-refractivity contribution >= 4 is 22.6 Å². The van der Waals surface area contributed by atoms with Crippen LogP contribution in [0, 0.1) is 5.92 Å². The summed E-state index contributed by atoms with van der Waals surface area (Å²) in [6.07, 6.45) is 0.654. The van der Waals surface area contributed by atoms with Crippen molar-refractivity contribution in [2.24, 2.45) is 5.92 Å². The molecule has 0 spiro atoms. The summed E-state index contributed by atoms with van der Waals surface area (Å²) in [6.45, 7) is 4.75. The molecule has 4 rings (SSSR count). The molecule has 0 fully saturated rings. The Hall–Kier alpha value is -3.88. The molecule has 35 heavy (non-hydrogen) atoms. The summed E-state index contributed by atoms with van der Waals surface area (Å²) in [5.74, 6) is 0.363. The third kappa shape index (κ3) is 4.99. The summed E-state index contributed by atoms with van der Waals surface area (Å²) < 4.78 is 17.4. The Labute approximate surface area is 203 Å². The maximum Gasteiger partial charge on any atom is 0.359 e. The van der Waals surface area contributed by atoms with E-state index in [4.69, 9.17) is 14.2 Å². The van der Waals surface area contributed by atoms with E-state index in [0.29, 0.717) is 48.3 Å². The van der Waals surface area contributed by atoms with Gasteiger partial charge in [0.15, 0.2) is 23.8 Å². The predicted octanol–water partition coefficient (Wildman–Crippen LogP) is 2.81. The smallest absolute Gasteiger partial charge is 0.359 e. The minimum absolute atomic E-state index is 0.0227. The molecule has 3 aromatic rings. The Balaban J connectivity index is 1.50. The van der Waals surface area contributed by atoms with Gasteiger partial charge in [-0.25, -0.2) is 9.48 Å². The number of aromatic nitrogens is 2. The molecule has 0 saturated carbocycles. The molecule has 9 heteroatoms. The third-order valence-corrected chi connectivity index (χ3v) is 6.00. The molecule has 1 aromatic heterocycles. The summed E-state index contributed by atoms with van der Waals surface area (Å²) >= 11 is 0. The van der Waals surface area contributed by atoms with Crippen LogP contribution in [0.3, 0.4) is 0 Å². The van der Waals surface area contributed by atoms with Gasteiger partial charge in [0.25, 0.3) is 11.5 Å². The van der Waals surface area contributed by atoms with Gasteiger partial charge >= 0.3 is 5.97 Å². The van der Waals surface area contributed by atoms with E-state index in [0.717, 1.165) is 11.1 Å². The van der Waals surface area contributed by atoms with Crippen LogP contribution < -0.4 is 15.0 Å². The van der Waals surface area contributed by atoms with Crippen LogP contribution in [0.2, 0.25) is 0 Å². The Morgan fingerprint density at radius 2 is 1.69 bits per heavy atom. The first kappa shape index (κ1) is 24.3. The molecule has 1 aliphatic rings. The molecule has 1 amide bonds. The number of carbonyl (C=O) groups is 2. The Kier molecular flexibility index (Phi) is 7.04. The zero-order chi connectivity index (χ0) is 25.1. The largest absolute Gasteiger partial charge is 0.493 e. The van der Waals surface area contributed by atoms with E-state index >= 15 is 0 Å². The highest BCUT2D eigenvalue weighted by Gasteiger charge is 2.25. The van der Waals surface area contributed by atoms with Gasteiger partial charge < -0.3 is 19.1 Å². The van der Waals surface area contributed by atoms with Crippen LogP contribution in [0.15, 0.2) is 41.2 Å². The monoisotopic (exact) mass is 479 g/mol. The van der Waals surface area contributed by atoms with Crippen molar-refractivity contribution in [1.82, 2.24) is 14.7 Å². The molecule has 184 valence electrons. The number of rotatable bonds is 7. The van der Waals surface area contributed by atoms with E-state index in [1.54, 1.807) is 43.4 Å². The number of amides is 1. The summed E-state index contributed by atoms with van der Waals surface area (Å²) in [6, 6.07) is 10.6. The maximum absolute atomic E-state index is 12.9. The van der Waals surface area contributed by atoms with E-state index in [1.165, 1.54) is 4.68 Å². The molecule has 0 saturated heterocycles. The molecule has 0 unspecified atom stereocenters. The van der Waals surface area contributed by atoms with Gasteiger partial charge in [-0.1, -0.05) is 32.0 Å². The van der Waals surface area contributed by atoms with Gasteiger partial charge in [0.1, 0.15) is 0 Å². The molecule has 9 nitrogen and oxygen atoms in total. The van der Waals surface area contributed by atoms with E-state index in [-0.39, 0.29) is 23.1 Å². The van der Waals surface area contributed by atoms with Crippen LogP contribution in [0.1, 0.15) is 35.5 Å². The van der Waals surface area contributed by atoms with Gasteiger partial charge in [-0.2, -0.15) is 5.10 Å². The number of benzene rings is 2. The average Bonchev–Trinajstić information content (AvgIpc) is 2.87. The number of methoxy groups -OCH3 is 2. The molecular formula is C26H29N3O6. The normalized spacial score (nSPS) is 13.0. The molecule has 0 N–H and O–H groups in total. The molecule has 0 bridgehead atoms. The number of ether oxygens (including phenoxy) is 3. The maximum atomic E-state index is 12.9. The number of carbonyl (C=O) groups excluding carboxylic acids is 2. The fraction of sp³-hybridized carbons (Fsp3) is 0.385. The van der Waals surface area contributed by atoms with Crippen molar-refractivity contribution in [2.45, 2.75) is 33.4 Å². The average molecular weight is 480 g/mol. The van der Waals surface area contributed by atoms with E-state index < -0.39 is 12.6 Å². The Morgan fingerprint density at radius 3 is 2.34 bits per heavy atom. The van der Waals surface area contributed by atoms with Gasteiger partial charge in [0.2, 0.25) is 0 Å². The summed E-state index contributed by atoms with van der Waals surface area (Å²) in [7, 11) is 3.15. The molecule has 0 aliphatic carbocycles. The van der Waals surface area contributed by atoms with Gasteiger partial charge in [0.05, 0.1) is 19.6 Å². The van der Waals surface area contributed by atoms with Crippen LogP contribution in [0.5, 0.6) is 11.5 Å². The van der Waals surface area contributed by atoms with Gasteiger partial charge in [0, 0.05) is 25.0 Å². The highest BCUT2D eigenvalue weighted by atomic mass is 16.5. The van der Waals surface area contributed by atoms with Gasteiger partial charge in [-0.15, -0.1) is 0 Å². The Morgan fingerprint density at radius 1 is 1.03 bits per heavy atom. The summed E-state index contributed by atoms with van der Waals surface area (Å²) in [4.78, 5) is 40.2. The standard InChI is InChI=1S/C26H29N3O6/c1-16(2)13-29-25(31)20-8-6-5-7-19(20)24(27-29)26(32)35-15-23(30)28-10-9-17-11-21(33-3)22(34-4)12-18(17)14-28/h5-8,11-12,16H,9-10,13-15H2,1-4H3. The molecule has 2 heterocycles. The number of hydrogen-bond donors (Lipinski definition) is 0. The molecule has 0 radical (unpaired) electrons. The topological polar surface area (TPSA) is 100.0 Å². The number of nitrogens with zero attached hydrogens (tertiary/aromatic N) is 3. The first-order valence-electron chi connectivity index (χ1n) is 11.5. The molecule has 1 aliphatic heterocycles. The summed E-state index contributed by atoms with van der Waals surface area (Å²) in [5, 5.41) is 5.07. The Bertz CT molecular complexity index is 1330. The van der Waals surface area contributed by atoms with Crippen molar-refractivity contribution in [2.75, 3.05) is 27.4 Å². The third-order valence-electron chi connectivity index (χ3n) is 6.00. The van der Waals surface area contributed by atoms with E-state index in [2.05, 4.69) is 5.10 Å². The number of esters is 1. The zero-order valence-electron chi connectivity index (χ0n) is 20.4. The second-order valence-corrected chi connectivity index (χ2v) is 8.89. The van der Waals surface area contributed by atoms with E-state index in [9.17, 15) is 14.4 Å².